The molecule has 2 rings (SSSR count). The van der Waals surface area contributed by atoms with E-state index in [0.29, 0.717) is 12.6 Å². The first kappa shape index (κ1) is 13.3. The normalized spacial score (nSPS) is 22.2. The molecule has 18 heavy (non-hydrogen) atoms. The van der Waals surface area contributed by atoms with Crippen LogP contribution in [0.25, 0.3) is 0 Å². The minimum atomic E-state index is 0.0431. The molecular formula is C13H23N3O2. The van der Waals surface area contributed by atoms with Crippen molar-refractivity contribution in [2.45, 2.75) is 38.6 Å². The Morgan fingerprint density at radius 1 is 1.11 bits per heavy atom. The van der Waals surface area contributed by atoms with Crippen molar-refractivity contribution >= 4 is 11.8 Å². The fourth-order valence-corrected chi connectivity index (χ4v) is 2.78. The zero-order chi connectivity index (χ0) is 13.0. The topological polar surface area (TPSA) is 52.7 Å². The SMILES string of the molecule is CC(=O)NC1CCN(CC(=O)N2CCCC2)CC1. The van der Waals surface area contributed by atoms with Crippen molar-refractivity contribution in [3.8, 4) is 0 Å². The van der Waals surface area contributed by atoms with Crippen LogP contribution in [0.2, 0.25) is 0 Å². The first-order valence-electron chi connectivity index (χ1n) is 6.92. The van der Waals surface area contributed by atoms with Crippen molar-refractivity contribution in [1.82, 2.24) is 15.1 Å². The summed E-state index contributed by atoms with van der Waals surface area (Å²) >= 11 is 0. The minimum Gasteiger partial charge on any atom is -0.354 e. The molecule has 0 radical (unpaired) electrons. The van der Waals surface area contributed by atoms with Gasteiger partial charge < -0.3 is 10.2 Å². The second-order valence-electron chi connectivity index (χ2n) is 5.34. The fourth-order valence-electron chi connectivity index (χ4n) is 2.78. The third kappa shape index (κ3) is 3.70. The zero-order valence-electron chi connectivity index (χ0n) is 11.2. The van der Waals surface area contributed by atoms with E-state index in [2.05, 4.69) is 10.2 Å². The molecule has 0 spiro atoms. The standard InChI is InChI=1S/C13H23N3O2/c1-11(17)14-12-4-8-15(9-5-12)10-13(18)16-6-2-3-7-16/h12H,2-10H2,1H3,(H,14,17). The van der Waals surface area contributed by atoms with Crippen molar-refractivity contribution in [3.63, 3.8) is 0 Å². The summed E-state index contributed by atoms with van der Waals surface area (Å²) in [5.41, 5.74) is 0. The molecule has 5 nitrogen and oxygen atoms in total. The maximum Gasteiger partial charge on any atom is 0.236 e. The highest BCUT2D eigenvalue weighted by Crippen LogP contribution is 2.12. The lowest BCUT2D eigenvalue weighted by atomic mass is 10.1. The van der Waals surface area contributed by atoms with E-state index in [1.165, 1.54) is 0 Å². The van der Waals surface area contributed by atoms with Crippen LogP contribution in [-0.2, 0) is 9.59 Å². The molecule has 2 saturated heterocycles. The molecule has 2 amide bonds. The highest BCUT2D eigenvalue weighted by atomic mass is 16.2. The van der Waals surface area contributed by atoms with Crippen molar-refractivity contribution < 1.29 is 9.59 Å². The maximum absolute atomic E-state index is 12.0. The van der Waals surface area contributed by atoms with E-state index in [4.69, 9.17) is 0 Å². The predicted molar refractivity (Wildman–Crippen MR) is 69.1 cm³/mol. The van der Waals surface area contributed by atoms with E-state index in [-0.39, 0.29) is 11.8 Å². The largest absolute Gasteiger partial charge is 0.354 e. The van der Waals surface area contributed by atoms with Crippen LogP contribution < -0.4 is 5.32 Å². The van der Waals surface area contributed by atoms with Crippen molar-refractivity contribution in [1.29, 1.82) is 0 Å². The van der Waals surface area contributed by atoms with Crippen LogP contribution in [0, 0.1) is 0 Å². The Morgan fingerprint density at radius 2 is 1.72 bits per heavy atom. The van der Waals surface area contributed by atoms with Gasteiger partial charge in [-0.1, -0.05) is 0 Å². The summed E-state index contributed by atoms with van der Waals surface area (Å²) in [6, 6.07) is 0.292. The second kappa shape index (κ2) is 6.18. The number of carbonyl (C=O) groups is 2. The number of amides is 2. The van der Waals surface area contributed by atoms with Crippen LogP contribution in [-0.4, -0.2) is 60.4 Å². The number of piperidine rings is 1. The van der Waals surface area contributed by atoms with Gasteiger partial charge in [-0.05, 0) is 25.7 Å². The summed E-state index contributed by atoms with van der Waals surface area (Å²) in [6.45, 7) is 5.79. The van der Waals surface area contributed by atoms with Gasteiger partial charge in [-0.15, -0.1) is 0 Å². The highest BCUT2D eigenvalue weighted by Gasteiger charge is 2.24. The molecule has 0 aromatic rings. The molecule has 0 unspecified atom stereocenters. The molecule has 102 valence electrons. The Balaban J connectivity index is 1.69. The van der Waals surface area contributed by atoms with E-state index < -0.39 is 0 Å². The summed E-state index contributed by atoms with van der Waals surface area (Å²) in [4.78, 5) is 27.1. The Kier molecular flexibility index (Phi) is 4.58. The molecule has 2 heterocycles. The predicted octanol–water partition coefficient (Wildman–Crippen LogP) is 0.209. The number of hydrogen-bond donors (Lipinski definition) is 1. The molecule has 2 fully saturated rings. The molecule has 2 aliphatic rings. The van der Waals surface area contributed by atoms with Gasteiger partial charge >= 0.3 is 0 Å². The smallest absolute Gasteiger partial charge is 0.236 e. The number of carbonyl (C=O) groups excluding carboxylic acids is 2. The summed E-state index contributed by atoms with van der Waals surface area (Å²) in [6.07, 6.45) is 4.20. The van der Waals surface area contributed by atoms with Crippen molar-refractivity contribution in [2.24, 2.45) is 0 Å². The van der Waals surface area contributed by atoms with E-state index in [1.807, 2.05) is 4.90 Å². The molecule has 5 heteroatoms. The van der Waals surface area contributed by atoms with Gasteiger partial charge in [0.05, 0.1) is 6.54 Å². The van der Waals surface area contributed by atoms with Crippen LogP contribution in [0.5, 0.6) is 0 Å². The Bertz CT molecular complexity index is 305. The monoisotopic (exact) mass is 253 g/mol. The van der Waals surface area contributed by atoms with Gasteiger partial charge in [0.15, 0.2) is 0 Å². The van der Waals surface area contributed by atoms with Crippen LogP contribution in [0.15, 0.2) is 0 Å². The Morgan fingerprint density at radius 3 is 2.28 bits per heavy atom. The first-order chi connectivity index (χ1) is 8.65. The summed E-state index contributed by atoms with van der Waals surface area (Å²) < 4.78 is 0. The lowest BCUT2D eigenvalue weighted by Gasteiger charge is -2.32. The van der Waals surface area contributed by atoms with Crippen LogP contribution >= 0.6 is 0 Å². The van der Waals surface area contributed by atoms with Gasteiger partial charge in [-0.25, -0.2) is 0 Å². The Labute approximate surface area is 108 Å². The first-order valence-corrected chi connectivity index (χ1v) is 6.92. The van der Waals surface area contributed by atoms with Crippen molar-refractivity contribution in [3.05, 3.63) is 0 Å². The van der Waals surface area contributed by atoms with Crippen LogP contribution in [0.4, 0.5) is 0 Å². The third-order valence-corrected chi connectivity index (χ3v) is 3.81. The molecule has 0 saturated carbocycles. The number of nitrogens with zero attached hydrogens (tertiary/aromatic N) is 2. The number of nitrogens with one attached hydrogen (secondary N) is 1. The molecule has 0 aromatic heterocycles. The maximum atomic E-state index is 12.0. The Hall–Kier alpha value is -1.10. The van der Waals surface area contributed by atoms with Gasteiger partial charge in [-0.2, -0.15) is 0 Å². The molecule has 0 bridgehead atoms. The summed E-state index contributed by atoms with van der Waals surface area (Å²) in [5.74, 6) is 0.312. The van der Waals surface area contributed by atoms with E-state index >= 15 is 0 Å². The van der Waals surface area contributed by atoms with Crippen LogP contribution in [0.3, 0.4) is 0 Å². The minimum absolute atomic E-state index is 0.0431. The van der Waals surface area contributed by atoms with E-state index in [9.17, 15) is 9.59 Å². The third-order valence-electron chi connectivity index (χ3n) is 3.81. The van der Waals surface area contributed by atoms with Gasteiger partial charge in [0.25, 0.3) is 0 Å². The van der Waals surface area contributed by atoms with Crippen LogP contribution in [0.1, 0.15) is 32.6 Å². The summed E-state index contributed by atoms with van der Waals surface area (Å²) in [7, 11) is 0. The fraction of sp³-hybridized carbons (Fsp3) is 0.846. The average Bonchev–Trinajstić information content (AvgIpc) is 2.84. The zero-order valence-corrected chi connectivity index (χ0v) is 11.2. The van der Waals surface area contributed by atoms with Gasteiger partial charge in [0.2, 0.25) is 11.8 Å². The summed E-state index contributed by atoms with van der Waals surface area (Å²) in [5, 5.41) is 2.95. The number of rotatable bonds is 3. The number of hydrogen-bond acceptors (Lipinski definition) is 3. The lowest BCUT2D eigenvalue weighted by molar-refractivity contribution is -0.131. The molecule has 0 aromatic carbocycles. The molecule has 0 atom stereocenters. The highest BCUT2D eigenvalue weighted by molar-refractivity contribution is 5.78. The van der Waals surface area contributed by atoms with Crippen molar-refractivity contribution in [2.75, 3.05) is 32.7 Å². The number of likely N-dealkylation sites (tertiary alicyclic amines) is 2. The average molecular weight is 253 g/mol. The quantitative estimate of drug-likeness (QED) is 0.782. The van der Waals surface area contributed by atoms with Gasteiger partial charge in [-0.3, -0.25) is 14.5 Å². The second-order valence-corrected chi connectivity index (χ2v) is 5.34. The van der Waals surface area contributed by atoms with Gasteiger partial charge in [0, 0.05) is 39.1 Å². The molecule has 0 aliphatic carbocycles. The molecular weight excluding hydrogens is 230 g/mol. The van der Waals surface area contributed by atoms with E-state index in [0.717, 1.165) is 51.9 Å². The molecule has 1 N–H and O–H groups in total. The lowest BCUT2D eigenvalue weighted by Crippen LogP contribution is -2.47. The van der Waals surface area contributed by atoms with Gasteiger partial charge in [0.1, 0.15) is 0 Å². The molecule has 2 aliphatic heterocycles. The van der Waals surface area contributed by atoms with E-state index in [1.54, 1.807) is 6.92 Å².